The van der Waals surface area contributed by atoms with Crippen LogP contribution in [0.25, 0.3) is 0 Å². The van der Waals surface area contributed by atoms with E-state index in [4.69, 9.17) is 22.1 Å². The van der Waals surface area contributed by atoms with E-state index in [0.717, 1.165) is 51.4 Å². The Hall–Kier alpha value is -0.940. The number of hydrogen-bond donors (Lipinski definition) is 1. The fourth-order valence-corrected chi connectivity index (χ4v) is 1.99. The van der Waals surface area contributed by atoms with Gasteiger partial charge in [0, 0.05) is 32.6 Å². The van der Waals surface area contributed by atoms with E-state index in [1.807, 2.05) is 30.3 Å². The summed E-state index contributed by atoms with van der Waals surface area (Å²) in [5, 5.41) is -0.270. The van der Waals surface area contributed by atoms with Gasteiger partial charge in [-0.25, -0.2) is 0 Å². The maximum absolute atomic E-state index is 10.4. The highest BCUT2D eigenvalue weighted by Crippen LogP contribution is 2.03. The highest BCUT2D eigenvalue weighted by atomic mass is 35.5. The van der Waals surface area contributed by atoms with Gasteiger partial charge in [-0.1, -0.05) is 30.3 Å². The zero-order valence-electron chi connectivity index (χ0n) is 11.8. The number of rotatable bonds is 5. The van der Waals surface area contributed by atoms with Crippen molar-refractivity contribution in [2.45, 2.75) is 12.8 Å². The summed E-state index contributed by atoms with van der Waals surface area (Å²) in [6, 6.07) is 9.83. The normalized spacial score (nSPS) is 15.3. The van der Waals surface area contributed by atoms with Crippen molar-refractivity contribution < 1.29 is 9.53 Å². The van der Waals surface area contributed by atoms with E-state index in [-0.39, 0.29) is 5.24 Å². The average molecular weight is 299 g/mol. The molecule has 0 aliphatic carbocycles. The third kappa shape index (κ3) is 8.27. The van der Waals surface area contributed by atoms with E-state index >= 15 is 0 Å². The first-order valence-corrected chi connectivity index (χ1v) is 7.32. The molecule has 1 aliphatic heterocycles. The van der Waals surface area contributed by atoms with Gasteiger partial charge in [-0.15, -0.1) is 0 Å². The lowest BCUT2D eigenvalue weighted by atomic mass is 10.1. The van der Waals surface area contributed by atoms with Crippen LogP contribution in [0, 0.1) is 0 Å². The van der Waals surface area contributed by atoms with Crippen LogP contribution in [0.5, 0.6) is 0 Å². The van der Waals surface area contributed by atoms with Gasteiger partial charge in [0.05, 0.1) is 13.2 Å². The van der Waals surface area contributed by atoms with E-state index in [0.29, 0.717) is 6.42 Å². The quantitative estimate of drug-likeness (QED) is 0.840. The van der Waals surface area contributed by atoms with Gasteiger partial charge in [-0.2, -0.15) is 0 Å². The van der Waals surface area contributed by atoms with Gasteiger partial charge < -0.3 is 10.5 Å². The predicted molar refractivity (Wildman–Crippen MR) is 81.9 cm³/mol. The molecule has 20 heavy (non-hydrogen) atoms. The summed E-state index contributed by atoms with van der Waals surface area (Å²) in [5.74, 6) is 0. The number of nitrogens with zero attached hydrogens (tertiary/aromatic N) is 1. The van der Waals surface area contributed by atoms with E-state index < -0.39 is 0 Å². The first-order chi connectivity index (χ1) is 9.72. The van der Waals surface area contributed by atoms with Crippen molar-refractivity contribution in [3.8, 4) is 0 Å². The minimum atomic E-state index is -0.270. The number of carbonyl (C=O) groups is 1. The van der Waals surface area contributed by atoms with Gasteiger partial charge in [0.15, 0.2) is 0 Å². The Bertz CT molecular complexity index is 365. The Balaban J connectivity index is 0.000000204. The first kappa shape index (κ1) is 17.1. The van der Waals surface area contributed by atoms with Crippen molar-refractivity contribution in [1.82, 2.24) is 4.90 Å². The van der Waals surface area contributed by atoms with Crippen molar-refractivity contribution in [3.63, 3.8) is 0 Å². The second-order valence-electron chi connectivity index (χ2n) is 4.58. The fourth-order valence-electron chi connectivity index (χ4n) is 1.89. The molecule has 5 heteroatoms. The van der Waals surface area contributed by atoms with Crippen LogP contribution in [0.3, 0.4) is 0 Å². The summed E-state index contributed by atoms with van der Waals surface area (Å²) >= 11 is 5.19. The Kier molecular flexibility index (Phi) is 9.24. The van der Waals surface area contributed by atoms with E-state index in [1.165, 1.54) is 0 Å². The Labute approximate surface area is 125 Å². The van der Waals surface area contributed by atoms with E-state index in [2.05, 4.69) is 4.90 Å². The van der Waals surface area contributed by atoms with Crippen LogP contribution < -0.4 is 5.73 Å². The molecule has 1 heterocycles. The van der Waals surface area contributed by atoms with Gasteiger partial charge in [0.2, 0.25) is 5.24 Å². The monoisotopic (exact) mass is 298 g/mol. The number of carbonyl (C=O) groups excluding carboxylic acids is 1. The Morgan fingerprint density at radius 2 is 1.90 bits per heavy atom. The smallest absolute Gasteiger partial charge is 0.221 e. The van der Waals surface area contributed by atoms with Crippen LogP contribution in [0.4, 0.5) is 0 Å². The maximum Gasteiger partial charge on any atom is 0.221 e. The molecule has 4 nitrogen and oxygen atoms in total. The molecule has 112 valence electrons. The predicted octanol–water partition coefficient (Wildman–Crippen LogP) is 1.66. The molecule has 0 unspecified atom stereocenters. The number of morpholine rings is 1. The van der Waals surface area contributed by atoms with Crippen LogP contribution in [-0.2, 0) is 16.0 Å². The number of halogens is 1. The lowest BCUT2D eigenvalue weighted by Crippen LogP contribution is -2.39. The number of benzene rings is 1. The Morgan fingerprint density at radius 1 is 1.25 bits per heavy atom. The summed E-state index contributed by atoms with van der Waals surface area (Å²) in [4.78, 5) is 12.7. The van der Waals surface area contributed by atoms with Crippen LogP contribution in [0.1, 0.15) is 12.0 Å². The van der Waals surface area contributed by atoms with Gasteiger partial charge in [0.1, 0.15) is 0 Å². The van der Waals surface area contributed by atoms with Crippen LogP contribution in [-0.4, -0.2) is 49.5 Å². The van der Waals surface area contributed by atoms with Gasteiger partial charge in [-0.05, 0) is 23.6 Å². The first-order valence-electron chi connectivity index (χ1n) is 6.95. The van der Waals surface area contributed by atoms with Gasteiger partial charge >= 0.3 is 0 Å². The zero-order chi connectivity index (χ0) is 14.6. The molecule has 0 atom stereocenters. The van der Waals surface area contributed by atoms with Crippen molar-refractivity contribution in [3.05, 3.63) is 35.9 Å². The average Bonchev–Trinajstić information content (AvgIpc) is 2.48. The highest BCUT2D eigenvalue weighted by Gasteiger charge is 2.07. The van der Waals surface area contributed by atoms with Crippen LogP contribution >= 0.6 is 11.6 Å². The lowest BCUT2D eigenvalue weighted by molar-refractivity contribution is -0.111. The fraction of sp³-hybridized carbons (Fsp3) is 0.533. The number of nitrogens with two attached hydrogens (primary N) is 1. The molecule has 0 bridgehead atoms. The van der Waals surface area contributed by atoms with Crippen molar-refractivity contribution in [2.24, 2.45) is 5.73 Å². The molecular formula is C15H23ClN2O2. The minimum Gasteiger partial charge on any atom is -0.379 e. The third-order valence-corrected chi connectivity index (χ3v) is 3.19. The van der Waals surface area contributed by atoms with Crippen molar-refractivity contribution >= 4 is 16.8 Å². The molecule has 1 fully saturated rings. The van der Waals surface area contributed by atoms with Gasteiger partial charge in [0.25, 0.3) is 0 Å². The summed E-state index contributed by atoms with van der Waals surface area (Å²) in [5.41, 5.74) is 6.53. The number of aryl methyl sites for hydroxylation is 1. The summed E-state index contributed by atoms with van der Waals surface area (Å²) < 4.78 is 5.16. The zero-order valence-corrected chi connectivity index (χ0v) is 12.5. The third-order valence-electron chi connectivity index (χ3n) is 3.00. The second-order valence-corrected chi connectivity index (χ2v) is 5.00. The SMILES string of the molecule is NCCN1CCOCC1.O=C(Cl)CCc1ccccc1. The van der Waals surface area contributed by atoms with Gasteiger partial charge in [-0.3, -0.25) is 9.69 Å². The molecule has 0 saturated carbocycles. The topological polar surface area (TPSA) is 55.6 Å². The molecule has 1 aromatic rings. The molecule has 1 aliphatic rings. The molecule has 0 spiro atoms. The molecular weight excluding hydrogens is 276 g/mol. The summed E-state index contributed by atoms with van der Waals surface area (Å²) in [6.45, 7) is 5.64. The highest BCUT2D eigenvalue weighted by molar-refractivity contribution is 6.63. The molecule has 2 N–H and O–H groups in total. The molecule has 0 radical (unpaired) electrons. The molecule has 1 aromatic carbocycles. The van der Waals surface area contributed by atoms with E-state index in [9.17, 15) is 4.79 Å². The maximum atomic E-state index is 10.4. The standard InChI is InChI=1S/C9H9ClO.C6H14N2O/c10-9(11)7-6-8-4-2-1-3-5-8;7-1-2-8-3-5-9-6-4-8/h1-5H,6-7H2;1-7H2. The molecule has 2 rings (SSSR count). The number of ether oxygens (including phenoxy) is 1. The largest absolute Gasteiger partial charge is 0.379 e. The van der Waals surface area contributed by atoms with Crippen molar-refractivity contribution in [1.29, 1.82) is 0 Å². The second kappa shape index (κ2) is 10.8. The minimum absolute atomic E-state index is 0.270. The summed E-state index contributed by atoms with van der Waals surface area (Å²) in [7, 11) is 0. The van der Waals surface area contributed by atoms with Crippen molar-refractivity contribution in [2.75, 3.05) is 39.4 Å². The summed E-state index contributed by atoms with van der Waals surface area (Å²) in [6.07, 6.45) is 1.16. The molecule has 0 aromatic heterocycles. The number of hydrogen-bond acceptors (Lipinski definition) is 4. The lowest BCUT2D eigenvalue weighted by Gasteiger charge is -2.25. The van der Waals surface area contributed by atoms with Crippen LogP contribution in [0.2, 0.25) is 0 Å². The van der Waals surface area contributed by atoms with E-state index in [1.54, 1.807) is 0 Å². The Morgan fingerprint density at radius 3 is 2.45 bits per heavy atom. The molecule has 1 saturated heterocycles. The van der Waals surface area contributed by atoms with Crippen LogP contribution in [0.15, 0.2) is 30.3 Å². The molecule has 0 amide bonds.